The molecule has 0 radical (unpaired) electrons. The van der Waals surface area contributed by atoms with Crippen molar-refractivity contribution < 1.29 is 26.4 Å². The fraction of sp³-hybridized carbons (Fsp3) is 0.278. The summed E-state index contributed by atoms with van der Waals surface area (Å²) in [6, 6.07) is 9.77. The van der Waals surface area contributed by atoms with Gasteiger partial charge in [-0.25, -0.2) is 13.1 Å². The maximum absolute atomic E-state index is 12.8. The molecule has 2 aromatic rings. The summed E-state index contributed by atoms with van der Waals surface area (Å²) in [4.78, 5) is 11.6. The first-order chi connectivity index (χ1) is 13.0. The van der Waals surface area contributed by atoms with Gasteiger partial charge in [0, 0.05) is 5.02 Å². The van der Waals surface area contributed by atoms with Gasteiger partial charge in [-0.3, -0.25) is 4.79 Å². The van der Waals surface area contributed by atoms with Crippen molar-refractivity contribution in [3.05, 3.63) is 64.7 Å². The Morgan fingerprint density at radius 1 is 1.14 bits per heavy atom. The lowest BCUT2D eigenvalue weighted by molar-refractivity contribution is -0.137. The van der Waals surface area contributed by atoms with Gasteiger partial charge in [0.2, 0.25) is 15.9 Å². The van der Waals surface area contributed by atoms with Gasteiger partial charge >= 0.3 is 6.18 Å². The van der Waals surface area contributed by atoms with Crippen molar-refractivity contribution in [1.82, 2.24) is 10.0 Å². The van der Waals surface area contributed by atoms with Gasteiger partial charge in [0.25, 0.3) is 0 Å². The molecular formula is C18H18ClF3N2O3S. The number of amides is 1. The number of hydrogen-bond acceptors (Lipinski definition) is 3. The summed E-state index contributed by atoms with van der Waals surface area (Å²) in [7, 11) is -4.28. The fourth-order valence-corrected chi connectivity index (χ4v) is 3.70. The van der Waals surface area contributed by atoms with Crippen LogP contribution in [0.3, 0.4) is 0 Å². The normalized spacial score (nSPS) is 13.2. The van der Waals surface area contributed by atoms with Crippen molar-refractivity contribution in [2.75, 3.05) is 6.54 Å². The minimum Gasteiger partial charge on any atom is -0.348 e. The van der Waals surface area contributed by atoms with Crippen LogP contribution in [0, 0.1) is 0 Å². The highest BCUT2D eigenvalue weighted by molar-refractivity contribution is 7.89. The van der Waals surface area contributed by atoms with E-state index in [0.29, 0.717) is 17.5 Å². The third-order valence-electron chi connectivity index (χ3n) is 3.89. The highest BCUT2D eigenvalue weighted by Crippen LogP contribution is 2.30. The summed E-state index contributed by atoms with van der Waals surface area (Å²) in [5.74, 6) is -0.623. The lowest BCUT2D eigenvalue weighted by Crippen LogP contribution is -2.38. The number of halogens is 4. The van der Waals surface area contributed by atoms with Gasteiger partial charge in [0.05, 0.1) is 23.0 Å². The van der Waals surface area contributed by atoms with Crippen LogP contribution >= 0.6 is 11.6 Å². The number of hydrogen-bond donors (Lipinski definition) is 2. The predicted octanol–water partition coefficient (Wildman–Crippen LogP) is 3.90. The van der Waals surface area contributed by atoms with Gasteiger partial charge in [-0.15, -0.1) is 0 Å². The van der Waals surface area contributed by atoms with Gasteiger partial charge in [-0.05, 0) is 42.3 Å². The van der Waals surface area contributed by atoms with Crippen molar-refractivity contribution in [1.29, 1.82) is 0 Å². The first kappa shape index (κ1) is 22.2. The Hall–Kier alpha value is -2.10. The Morgan fingerprint density at radius 2 is 1.82 bits per heavy atom. The monoisotopic (exact) mass is 434 g/mol. The van der Waals surface area contributed by atoms with Gasteiger partial charge in [0.1, 0.15) is 0 Å². The highest BCUT2D eigenvalue weighted by Gasteiger charge is 2.31. The van der Waals surface area contributed by atoms with Crippen LogP contribution in [0.2, 0.25) is 5.02 Å². The van der Waals surface area contributed by atoms with Crippen LogP contribution in [0.5, 0.6) is 0 Å². The first-order valence-electron chi connectivity index (χ1n) is 8.24. The van der Waals surface area contributed by atoms with E-state index in [1.54, 1.807) is 24.3 Å². The molecular weight excluding hydrogens is 417 g/mol. The standard InChI is InChI=1S/C18H18ClF3N2O3S/c1-2-16(12-5-3-7-14(19)9-12)24-17(25)11-23-28(26,27)15-8-4-6-13(10-15)18(20,21)22/h3-10,16,23H,2,11H2,1H3,(H,24,25). The van der Waals surface area contributed by atoms with E-state index in [4.69, 9.17) is 11.6 Å². The summed E-state index contributed by atoms with van der Waals surface area (Å²) in [6.07, 6.45) is -4.14. The van der Waals surface area contributed by atoms with E-state index in [9.17, 15) is 26.4 Å². The van der Waals surface area contributed by atoms with Crippen molar-refractivity contribution in [2.24, 2.45) is 0 Å². The Labute approximate surface area is 166 Å². The molecule has 152 valence electrons. The van der Waals surface area contributed by atoms with E-state index >= 15 is 0 Å². The summed E-state index contributed by atoms with van der Waals surface area (Å²) < 4.78 is 64.7. The zero-order chi connectivity index (χ0) is 20.9. The van der Waals surface area contributed by atoms with Crippen molar-refractivity contribution in [3.8, 4) is 0 Å². The predicted molar refractivity (Wildman–Crippen MR) is 99.3 cm³/mol. The molecule has 0 aliphatic rings. The Kier molecular flexibility index (Phi) is 7.08. The summed E-state index contributed by atoms with van der Waals surface area (Å²) in [5, 5.41) is 3.16. The maximum Gasteiger partial charge on any atom is 0.416 e. The number of carbonyl (C=O) groups excluding carboxylic acids is 1. The molecule has 0 bridgehead atoms. The van der Waals surface area contributed by atoms with Crippen molar-refractivity contribution in [3.63, 3.8) is 0 Å². The highest BCUT2D eigenvalue weighted by atomic mass is 35.5. The molecule has 28 heavy (non-hydrogen) atoms. The molecule has 1 unspecified atom stereocenters. The molecule has 0 aromatic heterocycles. The minimum absolute atomic E-state index is 0.385. The number of sulfonamides is 1. The lowest BCUT2D eigenvalue weighted by atomic mass is 10.0. The maximum atomic E-state index is 12.8. The van der Waals surface area contributed by atoms with Gasteiger partial charge in [0.15, 0.2) is 0 Å². The second-order valence-electron chi connectivity index (χ2n) is 5.93. The molecule has 1 amide bonds. The molecule has 5 nitrogen and oxygen atoms in total. The lowest BCUT2D eigenvalue weighted by Gasteiger charge is -2.18. The number of benzene rings is 2. The molecule has 2 rings (SSSR count). The first-order valence-corrected chi connectivity index (χ1v) is 10.1. The molecule has 0 heterocycles. The topological polar surface area (TPSA) is 75.3 Å². The largest absolute Gasteiger partial charge is 0.416 e. The number of carbonyl (C=O) groups is 1. The molecule has 0 spiro atoms. The van der Waals surface area contributed by atoms with Crippen LogP contribution < -0.4 is 10.0 Å². The third kappa shape index (κ3) is 5.95. The van der Waals surface area contributed by atoms with Crippen LogP contribution in [-0.4, -0.2) is 20.9 Å². The van der Waals surface area contributed by atoms with E-state index in [2.05, 4.69) is 5.32 Å². The molecule has 0 saturated heterocycles. The molecule has 0 saturated carbocycles. The summed E-state index contributed by atoms with van der Waals surface area (Å²) >= 11 is 5.93. The van der Waals surface area contributed by atoms with Crippen molar-refractivity contribution >= 4 is 27.5 Å². The Morgan fingerprint density at radius 3 is 2.43 bits per heavy atom. The average Bonchev–Trinajstić information content (AvgIpc) is 2.64. The van der Waals surface area contributed by atoms with Gasteiger partial charge in [-0.1, -0.05) is 36.7 Å². The molecule has 2 aromatic carbocycles. The second kappa shape index (κ2) is 8.93. The van der Waals surface area contributed by atoms with Crippen LogP contribution in [0.15, 0.2) is 53.4 Å². The zero-order valence-electron chi connectivity index (χ0n) is 14.8. The molecule has 2 N–H and O–H groups in total. The quantitative estimate of drug-likeness (QED) is 0.694. The summed E-state index contributed by atoms with van der Waals surface area (Å²) in [5.41, 5.74) is -0.337. The second-order valence-corrected chi connectivity index (χ2v) is 8.14. The van der Waals surface area contributed by atoms with Gasteiger partial charge < -0.3 is 5.32 Å². The van der Waals surface area contributed by atoms with Crippen LogP contribution in [0.1, 0.15) is 30.5 Å². The van der Waals surface area contributed by atoms with E-state index in [-0.39, 0.29) is 6.04 Å². The minimum atomic E-state index is -4.67. The molecule has 0 fully saturated rings. The Balaban J connectivity index is 2.05. The van der Waals surface area contributed by atoms with Gasteiger partial charge in [-0.2, -0.15) is 13.2 Å². The number of nitrogens with one attached hydrogen (secondary N) is 2. The smallest absolute Gasteiger partial charge is 0.348 e. The van der Waals surface area contributed by atoms with Crippen LogP contribution in [0.25, 0.3) is 0 Å². The number of alkyl halides is 3. The average molecular weight is 435 g/mol. The zero-order valence-corrected chi connectivity index (χ0v) is 16.3. The van der Waals surface area contributed by atoms with Crippen LogP contribution in [-0.2, 0) is 21.0 Å². The van der Waals surface area contributed by atoms with Crippen molar-refractivity contribution in [2.45, 2.75) is 30.5 Å². The van der Waals surface area contributed by atoms with E-state index in [1.165, 1.54) is 0 Å². The van der Waals surface area contributed by atoms with E-state index in [0.717, 1.165) is 23.8 Å². The molecule has 0 aliphatic carbocycles. The fourth-order valence-electron chi connectivity index (χ4n) is 2.47. The Bertz CT molecular complexity index is 949. The number of rotatable bonds is 7. The molecule has 10 heteroatoms. The molecule has 0 aliphatic heterocycles. The van der Waals surface area contributed by atoms with Crippen LogP contribution in [0.4, 0.5) is 13.2 Å². The third-order valence-corrected chi connectivity index (χ3v) is 5.52. The molecule has 1 atom stereocenters. The van der Waals surface area contributed by atoms with E-state index in [1.807, 2.05) is 11.6 Å². The summed E-state index contributed by atoms with van der Waals surface area (Å²) in [6.45, 7) is 1.22. The van der Waals surface area contributed by atoms with E-state index < -0.39 is 39.1 Å². The SMILES string of the molecule is CCC(NC(=O)CNS(=O)(=O)c1cccc(C(F)(F)F)c1)c1cccc(Cl)c1.